The van der Waals surface area contributed by atoms with Crippen LogP contribution in [0.5, 0.6) is 0 Å². The van der Waals surface area contributed by atoms with E-state index in [1.165, 1.54) is 20.2 Å². The Morgan fingerprint density at radius 3 is 2.71 bits per heavy atom. The molecule has 0 bridgehead atoms. The minimum Gasteiger partial charge on any atom is -0.376 e. The van der Waals surface area contributed by atoms with Crippen LogP contribution in [0.4, 0.5) is 16.2 Å². The first-order valence-electron chi connectivity index (χ1n) is 7.41. The van der Waals surface area contributed by atoms with Crippen molar-refractivity contribution in [1.82, 2.24) is 9.62 Å². The molecule has 1 heterocycles. The molecule has 1 fully saturated rings. The van der Waals surface area contributed by atoms with Crippen molar-refractivity contribution in [2.45, 2.75) is 6.10 Å². The maximum absolute atomic E-state index is 11.9. The molecule has 24 heavy (non-hydrogen) atoms. The van der Waals surface area contributed by atoms with Crippen LogP contribution in [-0.4, -0.2) is 65.3 Å². The summed E-state index contributed by atoms with van der Waals surface area (Å²) in [6.45, 7) is 1.86. The Morgan fingerprint density at radius 2 is 2.04 bits per heavy atom. The molecule has 3 N–H and O–H groups in total. The number of rotatable bonds is 6. The number of hydrogen-bond donors (Lipinski definition) is 3. The van der Waals surface area contributed by atoms with Crippen molar-refractivity contribution in [2.24, 2.45) is 0 Å². The van der Waals surface area contributed by atoms with Crippen molar-refractivity contribution in [1.29, 1.82) is 0 Å². The average Bonchev–Trinajstić information content (AvgIpc) is 2.54. The normalized spacial score (nSPS) is 18.2. The molecule has 1 aliphatic rings. The molecule has 9 nitrogen and oxygen atoms in total. The Balaban J connectivity index is 1.88. The molecule has 0 aliphatic carbocycles. The average molecular weight is 358 g/mol. The Morgan fingerprint density at radius 1 is 1.29 bits per heavy atom. The SMILES string of the molecule is CN(C)S(=O)(=O)Nc1cccc(NC(=O)NC[C@@H]2COCCO2)c1. The number of carbonyl (C=O) groups is 1. The van der Waals surface area contributed by atoms with E-state index in [0.717, 1.165) is 4.31 Å². The molecule has 1 aromatic carbocycles. The zero-order valence-corrected chi connectivity index (χ0v) is 14.4. The number of nitrogens with one attached hydrogen (secondary N) is 3. The van der Waals surface area contributed by atoms with Crippen LogP contribution < -0.4 is 15.4 Å². The molecular formula is C14H22N4O5S. The topological polar surface area (TPSA) is 109 Å². The van der Waals surface area contributed by atoms with Gasteiger partial charge >= 0.3 is 16.2 Å². The number of anilines is 2. The van der Waals surface area contributed by atoms with Gasteiger partial charge in [-0.25, -0.2) is 4.79 Å². The molecule has 10 heteroatoms. The summed E-state index contributed by atoms with van der Waals surface area (Å²) in [5.74, 6) is 0. The number of nitrogens with zero attached hydrogens (tertiary/aromatic N) is 1. The summed E-state index contributed by atoms with van der Waals surface area (Å²) >= 11 is 0. The van der Waals surface area contributed by atoms with Crippen molar-refractivity contribution >= 4 is 27.6 Å². The quantitative estimate of drug-likeness (QED) is 0.684. The predicted octanol–water partition coefficient (Wildman–Crippen LogP) is 0.442. The van der Waals surface area contributed by atoms with Gasteiger partial charge in [0.15, 0.2) is 0 Å². The highest BCUT2D eigenvalue weighted by Gasteiger charge is 2.16. The number of urea groups is 1. The number of carbonyl (C=O) groups excluding carboxylic acids is 1. The van der Waals surface area contributed by atoms with Gasteiger partial charge < -0.3 is 20.1 Å². The van der Waals surface area contributed by atoms with Crippen molar-refractivity contribution in [2.75, 3.05) is 50.5 Å². The van der Waals surface area contributed by atoms with Crippen LogP contribution in [0.15, 0.2) is 24.3 Å². The van der Waals surface area contributed by atoms with E-state index in [1.807, 2.05) is 0 Å². The Bertz CT molecular complexity index is 659. The number of hydrogen-bond acceptors (Lipinski definition) is 5. The van der Waals surface area contributed by atoms with Gasteiger partial charge in [0.05, 0.1) is 31.6 Å². The van der Waals surface area contributed by atoms with Crippen LogP contribution in [0, 0.1) is 0 Å². The van der Waals surface area contributed by atoms with Crippen LogP contribution in [0.3, 0.4) is 0 Å². The van der Waals surface area contributed by atoms with Crippen molar-refractivity contribution < 1.29 is 22.7 Å². The zero-order valence-electron chi connectivity index (χ0n) is 13.6. The molecule has 0 spiro atoms. The van der Waals surface area contributed by atoms with Crippen LogP contribution in [0.2, 0.25) is 0 Å². The molecule has 1 saturated heterocycles. The highest BCUT2D eigenvalue weighted by atomic mass is 32.2. The number of ether oxygens (including phenoxy) is 2. The Labute approximate surface area is 141 Å². The molecule has 0 unspecified atom stereocenters. The van der Waals surface area contributed by atoms with Gasteiger partial charge in [-0.2, -0.15) is 12.7 Å². The van der Waals surface area contributed by atoms with Crippen LogP contribution >= 0.6 is 0 Å². The molecule has 1 atom stereocenters. The van der Waals surface area contributed by atoms with Crippen LogP contribution in [0.1, 0.15) is 0 Å². The maximum Gasteiger partial charge on any atom is 0.319 e. The van der Waals surface area contributed by atoms with Crippen LogP contribution in [-0.2, 0) is 19.7 Å². The minimum absolute atomic E-state index is 0.164. The Hall–Kier alpha value is -1.88. The van der Waals surface area contributed by atoms with Gasteiger partial charge in [-0.1, -0.05) is 6.07 Å². The predicted molar refractivity (Wildman–Crippen MR) is 90.3 cm³/mol. The summed E-state index contributed by atoms with van der Waals surface area (Å²) in [5.41, 5.74) is 0.817. The van der Waals surface area contributed by atoms with Gasteiger partial charge in [-0.05, 0) is 18.2 Å². The second-order valence-electron chi connectivity index (χ2n) is 5.37. The molecule has 1 aromatic rings. The summed E-state index contributed by atoms with van der Waals surface area (Å²) in [7, 11) is -0.746. The second-order valence-corrected chi connectivity index (χ2v) is 7.26. The van der Waals surface area contributed by atoms with E-state index >= 15 is 0 Å². The van der Waals surface area contributed by atoms with E-state index in [1.54, 1.807) is 18.2 Å². The first-order valence-corrected chi connectivity index (χ1v) is 8.85. The number of amides is 2. The largest absolute Gasteiger partial charge is 0.376 e. The van der Waals surface area contributed by atoms with E-state index in [0.29, 0.717) is 37.7 Å². The van der Waals surface area contributed by atoms with Gasteiger partial charge in [0.1, 0.15) is 0 Å². The lowest BCUT2D eigenvalue weighted by Gasteiger charge is -2.23. The first kappa shape index (κ1) is 18.5. The van der Waals surface area contributed by atoms with E-state index in [4.69, 9.17) is 9.47 Å². The zero-order chi connectivity index (χ0) is 17.6. The molecule has 0 aromatic heterocycles. The summed E-state index contributed by atoms with van der Waals surface area (Å²) < 4.78 is 37.7. The summed E-state index contributed by atoms with van der Waals surface area (Å²) in [4.78, 5) is 11.9. The van der Waals surface area contributed by atoms with E-state index in [-0.39, 0.29) is 6.10 Å². The molecule has 134 valence electrons. The van der Waals surface area contributed by atoms with Gasteiger partial charge in [0.2, 0.25) is 0 Å². The summed E-state index contributed by atoms with van der Waals surface area (Å²) in [6, 6.07) is 6.02. The van der Waals surface area contributed by atoms with E-state index in [9.17, 15) is 13.2 Å². The number of benzene rings is 1. The highest BCUT2D eigenvalue weighted by Crippen LogP contribution is 2.16. The first-order chi connectivity index (χ1) is 11.4. The van der Waals surface area contributed by atoms with Crippen molar-refractivity contribution in [3.63, 3.8) is 0 Å². The third-order valence-electron chi connectivity index (χ3n) is 3.22. The fraction of sp³-hybridized carbons (Fsp3) is 0.500. The smallest absolute Gasteiger partial charge is 0.319 e. The fourth-order valence-corrected chi connectivity index (χ4v) is 2.54. The maximum atomic E-state index is 11.9. The monoisotopic (exact) mass is 358 g/mol. The van der Waals surface area contributed by atoms with Gasteiger partial charge in [0.25, 0.3) is 0 Å². The highest BCUT2D eigenvalue weighted by molar-refractivity contribution is 7.90. The summed E-state index contributed by atoms with van der Waals surface area (Å²) in [5, 5.41) is 5.33. The molecule has 1 aliphatic heterocycles. The fourth-order valence-electron chi connectivity index (χ4n) is 1.94. The van der Waals surface area contributed by atoms with E-state index in [2.05, 4.69) is 15.4 Å². The lowest BCUT2D eigenvalue weighted by Crippen LogP contribution is -2.41. The molecular weight excluding hydrogens is 336 g/mol. The van der Waals surface area contributed by atoms with Crippen LogP contribution in [0.25, 0.3) is 0 Å². The minimum atomic E-state index is -3.60. The van der Waals surface area contributed by atoms with Gasteiger partial charge in [-0.3, -0.25) is 4.72 Å². The molecule has 2 amide bonds. The van der Waals surface area contributed by atoms with Gasteiger partial charge in [-0.15, -0.1) is 0 Å². The van der Waals surface area contributed by atoms with E-state index < -0.39 is 16.2 Å². The molecule has 0 radical (unpaired) electrons. The standard InChI is InChI=1S/C14H22N4O5S/c1-18(2)24(20,21)17-12-5-3-4-11(8-12)16-14(19)15-9-13-10-22-6-7-23-13/h3-5,8,13,17H,6-7,9-10H2,1-2H3,(H2,15,16,19)/t13-/m1/s1. The summed E-state index contributed by atoms with van der Waals surface area (Å²) in [6.07, 6.45) is -0.164. The third kappa shape index (κ3) is 5.64. The van der Waals surface area contributed by atoms with Gasteiger partial charge in [0, 0.05) is 26.3 Å². The lowest BCUT2D eigenvalue weighted by molar-refractivity contribution is -0.0852. The second kappa shape index (κ2) is 8.29. The molecule has 2 rings (SSSR count). The Kier molecular flexibility index (Phi) is 6.37. The molecule has 0 saturated carbocycles. The lowest BCUT2D eigenvalue weighted by atomic mass is 10.3. The third-order valence-corrected chi connectivity index (χ3v) is 4.68. The van der Waals surface area contributed by atoms with Crippen molar-refractivity contribution in [3.8, 4) is 0 Å². The van der Waals surface area contributed by atoms with Crippen molar-refractivity contribution in [3.05, 3.63) is 24.3 Å².